The molecule has 2 rings (SSSR count). The van der Waals surface area contributed by atoms with Gasteiger partial charge in [0.05, 0.1) is 21.1 Å². The number of thiazole rings is 1. The fourth-order valence-corrected chi connectivity index (χ4v) is 2.65. The molecule has 0 aliphatic carbocycles. The number of aromatic nitrogens is 1. The number of carbonyl (C=O) groups excluding carboxylic acids is 1. The van der Waals surface area contributed by atoms with Gasteiger partial charge in [0.1, 0.15) is 5.01 Å². The summed E-state index contributed by atoms with van der Waals surface area (Å²) in [5, 5.41) is 11.4. The van der Waals surface area contributed by atoms with Gasteiger partial charge in [0, 0.05) is 13.0 Å². The van der Waals surface area contributed by atoms with Crippen LogP contribution in [0.4, 0.5) is 5.69 Å². The van der Waals surface area contributed by atoms with Crippen LogP contribution in [-0.2, 0) is 0 Å². The standard InChI is InChI=1S/C12H10N2O3S/c1-7-11(8(2)15)18-12(13-7)9-5-3-4-6-10(9)14(16)17/h3-6H,1-2H3. The van der Waals surface area contributed by atoms with E-state index in [4.69, 9.17) is 0 Å². The van der Waals surface area contributed by atoms with E-state index in [1.54, 1.807) is 25.1 Å². The zero-order valence-electron chi connectivity index (χ0n) is 9.84. The van der Waals surface area contributed by atoms with E-state index in [0.29, 0.717) is 21.1 Å². The van der Waals surface area contributed by atoms with Gasteiger partial charge in [-0.25, -0.2) is 4.98 Å². The van der Waals surface area contributed by atoms with Crippen molar-refractivity contribution in [3.63, 3.8) is 0 Å². The summed E-state index contributed by atoms with van der Waals surface area (Å²) in [5.41, 5.74) is 1.06. The summed E-state index contributed by atoms with van der Waals surface area (Å²) in [6.07, 6.45) is 0. The lowest BCUT2D eigenvalue weighted by Gasteiger charge is -1.97. The van der Waals surface area contributed by atoms with E-state index in [-0.39, 0.29) is 11.5 Å². The van der Waals surface area contributed by atoms with Crippen LogP contribution in [0, 0.1) is 17.0 Å². The molecule has 0 aliphatic rings. The van der Waals surface area contributed by atoms with Crippen LogP contribution in [0.1, 0.15) is 22.3 Å². The first kappa shape index (κ1) is 12.4. The van der Waals surface area contributed by atoms with Crippen molar-refractivity contribution in [3.8, 4) is 10.6 Å². The molecule has 1 heterocycles. The summed E-state index contributed by atoms with van der Waals surface area (Å²) >= 11 is 1.19. The molecule has 0 radical (unpaired) electrons. The van der Waals surface area contributed by atoms with E-state index in [2.05, 4.69) is 4.98 Å². The SMILES string of the molecule is CC(=O)c1sc(-c2ccccc2[N+](=O)[O-])nc1C. The first-order chi connectivity index (χ1) is 8.50. The highest BCUT2D eigenvalue weighted by Gasteiger charge is 2.19. The van der Waals surface area contributed by atoms with E-state index >= 15 is 0 Å². The molecule has 18 heavy (non-hydrogen) atoms. The average Bonchev–Trinajstić information content (AvgIpc) is 2.71. The molecule has 0 saturated heterocycles. The maximum absolute atomic E-state index is 11.4. The third-order valence-corrected chi connectivity index (χ3v) is 3.74. The van der Waals surface area contributed by atoms with Gasteiger partial charge in [0.25, 0.3) is 5.69 Å². The van der Waals surface area contributed by atoms with Gasteiger partial charge in [-0.2, -0.15) is 0 Å². The second-order valence-electron chi connectivity index (χ2n) is 3.76. The highest BCUT2D eigenvalue weighted by atomic mass is 32.1. The number of ketones is 1. The van der Waals surface area contributed by atoms with E-state index in [1.165, 1.54) is 24.3 Å². The zero-order chi connectivity index (χ0) is 13.3. The summed E-state index contributed by atoms with van der Waals surface area (Å²) in [4.78, 5) is 26.6. The van der Waals surface area contributed by atoms with Crippen LogP contribution < -0.4 is 0 Å². The summed E-state index contributed by atoms with van der Waals surface area (Å²) in [7, 11) is 0. The monoisotopic (exact) mass is 262 g/mol. The van der Waals surface area contributed by atoms with Crippen molar-refractivity contribution in [1.29, 1.82) is 0 Å². The molecule has 6 heteroatoms. The van der Waals surface area contributed by atoms with E-state index in [1.807, 2.05) is 0 Å². The molecule has 0 atom stereocenters. The molecule has 1 aromatic heterocycles. The minimum atomic E-state index is -0.445. The van der Waals surface area contributed by atoms with Gasteiger partial charge in [-0.05, 0) is 13.0 Å². The Bertz CT molecular complexity index is 634. The summed E-state index contributed by atoms with van der Waals surface area (Å²) in [5.74, 6) is -0.0742. The molecule has 0 aliphatic heterocycles. The molecule has 0 saturated carbocycles. The number of nitrogens with zero attached hydrogens (tertiary/aromatic N) is 2. The highest BCUT2D eigenvalue weighted by molar-refractivity contribution is 7.17. The lowest BCUT2D eigenvalue weighted by Crippen LogP contribution is -1.91. The van der Waals surface area contributed by atoms with E-state index in [9.17, 15) is 14.9 Å². The van der Waals surface area contributed by atoms with Crippen molar-refractivity contribution >= 4 is 22.8 Å². The Hall–Kier alpha value is -2.08. The number of carbonyl (C=O) groups is 1. The number of aryl methyl sites for hydroxylation is 1. The van der Waals surface area contributed by atoms with Crippen molar-refractivity contribution < 1.29 is 9.72 Å². The molecule has 5 nitrogen and oxygen atoms in total. The number of nitro groups is 1. The predicted molar refractivity (Wildman–Crippen MR) is 68.9 cm³/mol. The van der Waals surface area contributed by atoms with E-state index < -0.39 is 4.92 Å². The van der Waals surface area contributed by atoms with Crippen molar-refractivity contribution in [2.24, 2.45) is 0 Å². The fourth-order valence-electron chi connectivity index (χ4n) is 1.65. The second kappa shape index (κ2) is 4.66. The molecular weight excluding hydrogens is 252 g/mol. The van der Waals surface area contributed by atoms with Gasteiger partial charge in [0.2, 0.25) is 0 Å². The van der Waals surface area contributed by atoms with Crippen molar-refractivity contribution in [2.45, 2.75) is 13.8 Å². The van der Waals surface area contributed by atoms with Gasteiger partial charge >= 0.3 is 0 Å². The van der Waals surface area contributed by atoms with Gasteiger partial charge in [-0.15, -0.1) is 11.3 Å². The van der Waals surface area contributed by atoms with Crippen LogP contribution >= 0.6 is 11.3 Å². The van der Waals surface area contributed by atoms with Gasteiger partial charge < -0.3 is 0 Å². The third kappa shape index (κ3) is 2.14. The molecule has 1 aromatic carbocycles. The zero-order valence-corrected chi connectivity index (χ0v) is 10.7. The first-order valence-electron chi connectivity index (χ1n) is 5.23. The quantitative estimate of drug-likeness (QED) is 0.483. The van der Waals surface area contributed by atoms with Gasteiger partial charge in [-0.1, -0.05) is 12.1 Å². The third-order valence-electron chi connectivity index (χ3n) is 2.45. The Labute approximate surface area is 107 Å². The number of para-hydroxylation sites is 1. The number of Topliss-reactive ketones (excluding diaryl/α,β-unsaturated/α-hetero) is 1. The minimum Gasteiger partial charge on any atom is -0.294 e. The fraction of sp³-hybridized carbons (Fsp3) is 0.167. The number of hydrogen-bond acceptors (Lipinski definition) is 5. The van der Waals surface area contributed by atoms with Crippen molar-refractivity contribution in [2.75, 3.05) is 0 Å². The molecule has 0 unspecified atom stereocenters. The Balaban J connectivity index is 2.59. The Kier molecular flexibility index (Phi) is 3.20. The Morgan fingerprint density at radius 1 is 1.39 bits per heavy atom. The largest absolute Gasteiger partial charge is 0.294 e. The lowest BCUT2D eigenvalue weighted by molar-refractivity contribution is -0.384. The topological polar surface area (TPSA) is 73.1 Å². The van der Waals surface area contributed by atoms with E-state index in [0.717, 1.165) is 0 Å². The smallest absolute Gasteiger partial charge is 0.279 e. The maximum Gasteiger partial charge on any atom is 0.279 e. The lowest BCUT2D eigenvalue weighted by atomic mass is 10.2. The van der Waals surface area contributed by atoms with Crippen LogP contribution in [0.15, 0.2) is 24.3 Å². The number of nitro benzene ring substituents is 1. The molecule has 0 amide bonds. The molecule has 0 bridgehead atoms. The van der Waals surface area contributed by atoms with Crippen molar-refractivity contribution in [1.82, 2.24) is 4.98 Å². The van der Waals surface area contributed by atoms with Crippen LogP contribution in [0.3, 0.4) is 0 Å². The molecule has 92 valence electrons. The molecular formula is C12H10N2O3S. The number of benzene rings is 1. The summed E-state index contributed by atoms with van der Waals surface area (Å²) < 4.78 is 0. The van der Waals surface area contributed by atoms with Crippen LogP contribution in [0.25, 0.3) is 10.6 Å². The van der Waals surface area contributed by atoms with Crippen molar-refractivity contribution in [3.05, 3.63) is 45.0 Å². The van der Waals surface area contributed by atoms with Gasteiger partial charge in [0.15, 0.2) is 5.78 Å². The number of rotatable bonds is 3. The Morgan fingerprint density at radius 3 is 2.61 bits per heavy atom. The minimum absolute atomic E-state index is 0.00125. The maximum atomic E-state index is 11.4. The van der Waals surface area contributed by atoms with Crippen LogP contribution in [0.5, 0.6) is 0 Å². The van der Waals surface area contributed by atoms with Crippen LogP contribution in [0.2, 0.25) is 0 Å². The average molecular weight is 262 g/mol. The highest BCUT2D eigenvalue weighted by Crippen LogP contribution is 2.34. The summed E-state index contributed by atoms with van der Waals surface area (Å²) in [6.45, 7) is 3.19. The normalized spacial score (nSPS) is 10.3. The van der Waals surface area contributed by atoms with Crippen LogP contribution in [-0.4, -0.2) is 15.7 Å². The predicted octanol–water partition coefficient (Wildman–Crippen LogP) is 3.23. The van der Waals surface area contributed by atoms with Gasteiger partial charge in [-0.3, -0.25) is 14.9 Å². The molecule has 0 N–H and O–H groups in total. The number of hydrogen-bond donors (Lipinski definition) is 0. The molecule has 0 fully saturated rings. The first-order valence-corrected chi connectivity index (χ1v) is 6.04. The molecule has 2 aromatic rings. The molecule has 0 spiro atoms. The Morgan fingerprint density at radius 2 is 2.06 bits per heavy atom. The summed E-state index contributed by atoms with van der Waals surface area (Å²) in [6, 6.07) is 6.39. The second-order valence-corrected chi connectivity index (χ2v) is 4.76.